The van der Waals surface area contributed by atoms with Crippen LogP contribution in [-0.2, 0) is 0 Å². The number of carbonyl (C=O) groups is 1. The van der Waals surface area contributed by atoms with Crippen LogP contribution in [0.25, 0.3) is 5.95 Å². The van der Waals surface area contributed by atoms with Gasteiger partial charge in [0, 0.05) is 18.5 Å². The van der Waals surface area contributed by atoms with Crippen molar-refractivity contribution in [1.29, 1.82) is 5.26 Å². The molecular weight excluding hydrogens is 419 g/mol. The molecule has 2 aromatic heterocycles. The lowest BCUT2D eigenvalue weighted by atomic mass is 10.3. The standard InChI is InChI=1S/C17H14Cl2N8O2/c1-10(15-23-9-24-27(15)16-21-4-2-5-22-16)25-17(28)26-13-8-14(29-6-3-20)12(19)7-11(13)18/h2,4-5,7-10H,6H2,1H3,(H2,25,26,28)/t10-/m0/s1. The SMILES string of the molecule is C[C@H](NC(=O)Nc1cc(OCC#N)c(Cl)cc1Cl)c1ncnn1-c1ncccn1. The van der Waals surface area contributed by atoms with E-state index in [0.29, 0.717) is 11.8 Å². The largest absolute Gasteiger partial charge is 0.477 e. The Morgan fingerprint density at radius 3 is 2.76 bits per heavy atom. The Labute approximate surface area is 175 Å². The average molecular weight is 433 g/mol. The smallest absolute Gasteiger partial charge is 0.319 e. The molecule has 0 bridgehead atoms. The van der Waals surface area contributed by atoms with Crippen LogP contribution in [0.15, 0.2) is 36.9 Å². The van der Waals surface area contributed by atoms with Crippen molar-refractivity contribution < 1.29 is 9.53 Å². The molecule has 1 atom stereocenters. The van der Waals surface area contributed by atoms with Crippen molar-refractivity contribution in [2.45, 2.75) is 13.0 Å². The summed E-state index contributed by atoms with van der Waals surface area (Å²) in [6.45, 7) is 1.54. The molecule has 0 aliphatic rings. The highest BCUT2D eigenvalue weighted by molar-refractivity contribution is 6.37. The van der Waals surface area contributed by atoms with Crippen LogP contribution in [0.4, 0.5) is 10.5 Å². The zero-order valence-electron chi connectivity index (χ0n) is 15.0. The number of halogens is 2. The second-order valence-corrected chi connectivity index (χ2v) is 6.42. The van der Waals surface area contributed by atoms with Gasteiger partial charge in [0.1, 0.15) is 18.1 Å². The van der Waals surface area contributed by atoms with Crippen molar-refractivity contribution >= 4 is 34.9 Å². The maximum absolute atomic E-state index is 12.4. The minimum atomic E-state index is -0.545. The molecule has 2 N–H and O–H groups in total. The van der Waals surface area contributed by atoms with Crippen LogP contribution >= 0.6 is 23.2 Å². The van der Waals surface area contributed by atoms with E-state index in [0.717, 1.165) is 0 Å². The first kappa shape index (κ1) is 20.3. The van der Waals surface area contributed by atoms with Crippen LogP contribution in [-0.4, -0.2) is 37.4 Å². The highest BCUT2D eigenvalue weighted by Gasteiger charge is 2.19. The summed E-state index contributed by atoms with van der Waals surface area (Å²) in [6, 6.07) is 5.30. The number of hydrogen-bond donors (Lipinski definition) is 2. The van der Waals surface area contributed by atoms with Gasteiger partial charge in [-0.1, -0.05) is 23.2 Å². The first-order chi connectivity index (χ1) is 14.0. The number of anilines is 1. The van der Waals surface area contributed by atoms with Crippen molar-refractivity contribution in [2.24, 2.45) is 0 Å². The summed E-state index contributed by atoms with van der Waals surface area (Å²) in [5.41, 5.74) is 0.265. The Kier molecular flexibility index (Phi) is 6.43. The van der Waals surface area contributed by atoms with Crippen molar-refractivity contribution in [3.05, 3.63) is 52.8 Å². The number of nitriles is 1. The fourth-order valence-corrected chi connectivity index (χ4v) is 2.85. The molecule has 0 aliphatic heterocycles. The van der Waals surface area contributed by atoms with Gasteiger partial charge in [-0.25, -0.2) is 19.7 Å². The summed E-state index contributed by atoms with van der Waals surface area (Å²) >= 11 is 12.2. The van der Waals surface area contributed by atoms with E-state index in [-0.39, 0.29) is 28.1 Å². The van der Waals surface area contributed by atoms with E-state index >= 15 is 0 Å². The molecule has 0 radical (unpaired) electrons. The lowest BCUT2D eigenvalue weighted by molar-refractivity contribution is 0.248. The molecule has 1 aromatic carbocycles. The lowest BCUT2D eigenvalue weighted by Gasteiger charge is -2.16. The van der Waals surface area contributed by atoms with Gasteiger partial charge < -0.3 is 15.4 Å². The van der Waals surface area contributed by atoms with E-state index in [9.17, 15) is 4.79 Å². The van der Waals surface area contributed by atoms with Crippen LogP contribution in [0, 0.1) is 11.3 Å². The van der Waals surface area contributed by atoms with Gasteiger partial charge in [0.2, 0.25) is 0 Å². The monoisotopic (exact) mass is 432 g/mol. The molecule has 2 amide bonds. The Hall–Kier alpha value is -3.42. The van der Waals surface area contributed by atoms with Crippen LogP contribution < -0.4 is 15.4 Å². The normalized spacial score (nSPS) is 11.4. The molecular formula is C17H14Cl2N8O2. The van der Waals surface area contributed by atoms with E-state index < -0.39 is 12.1 Å². The number of ether oxygens (including phenoxy) is 1. The molecule has 148 valence electrons. The van der Waals surface area contributed by atoms with E-state index in [1.165, 1.54) is 23.1 Å². The van der Waals surface area contributed by atoms with E-state index in [1.807, 2.05) is 6.07 Å². The summed E-state index contributed by atoms with van der Waals surface area (Å²) in [4.78, 5) is 24.8. The van der Waals surface area contributed by atoms with Crippen molar-refractivity contribution in [3.8, 4) is 17.8 Å². The Morgan fingerprint density at radius 1 is 1.28 bits per heavy atom. The molecule has 3 rings (SSSR count). The number of nitrogens with zero attached hydrogens (tertiary/aromatic N) is 6. The van der Waals surface area contributed by atoms with Crippen LogP contribution in [0.1, 0.15) is 18.8 Å². The molecule has 0 fully saturated rings. The summed E-state index contributed by atoms with van der Waals surface area (Å²) < 4.78 is 6.63. The molecule has 3 aromatic rings. The number of nitrogens with one attached hydrogen (secondary N) is 2. The second-order valence-electron chi connectivity index (χ2n) is 5.61. The minimum Gasteiger partial charge on any atom is -0.477 e. The van der Waals surface area contributed by atoms with Crippen LogP contribution in [0.3, 0.4) is 0 Å². The molecule has 0 saturated heterocycles. The minimum absolute atomic E-state index is 0.193. The van der Waals surface area contributed by atoms with Crippen LogP contribution in [0.2, 0.25) is 10.0 Å². The Balaban J connectivity index is 1.72. The lowest BCUT2D eigenvalue weighted by Crippen LogP contribution is -2.32. The topological polar surface area (TPSA) is 131 Å². The molecule has 0 unspecified atom stereocenters. The molecule has 2 heterocycles. The molecule has 0 spiro atoms. The highest BCUT2D eigenvalue weighted by Crippen LogP contribution is 2.34. The highest BCUT2D eigenvalue weighted by atomic mass is 35.5. The molecule has 0 aliphatic carbocycles. The van der Waals surface area contributed by atoms with Gasteiger partial charge in [0.15, 0.2) is 12.4 Å². The van der Waals surface area contributed by atoms with Gasteiger partial charge in [0.25, 0.3) is 5.95 Å². The molecule has 29 heavy (non-hydrogen) atoms. The van der Waals surface area contributed by atoms with E-state index in [1.54, 1.807) is 25.4 Å². The number of rotatable bonds is 6. The third kappa shape index (κ3) is 4.90. The summed E-state index contributed by atoms with van der Waals surface area (Å²) in [5.74, 6) is 0.989. The second kappa shape index (κ2) is 9.18. The Bertz CT molecular complexity index is 1050. The summed E-state index contributed by atoms with van der Waals surface area (Å²) in [5, 5.41) is 18.5. The fraction of sp³-hybridized carbons (Fsp3) is 0.176. The number of urea groups is 1. The average Bonchev–Trinajstić information content (AvgIpc) is 3.20. The Morgan fingerprint density at radius 2 is 2.03 bits per heavy atom. The quantitative estimate of drug-likeness (QED) is 0.611. The van der Waals surface area contributed by atoms with Gasteiger partial charge in [-0.2, -0.15) is 15.0 Å². The zero-order chi connectivity index (χ0) is 20.8. The maximum atomic E-state index is 12.4. The van der Waals surface area contributed by atoms with Gasteiger partial charge in [0.05, 0.1) is 21.8 Å². The maximum Gasteiger partial charge on any atom is 0.319 e. The van der Waals surface area contributed by atoms with Gasteiger partial charge in [-0.05, 0) is 19.1 Å². The van der Waals surface area contributed by atoms with Crippen molar-refractivity contribution in [3.63, 3.8) is 0 Å². The van der Waals surface area contributed by atoms with Crippen LogP contribution in [0.5, 0.6) is 5.75 Å². The number of benzene rings is 1. The third-order valence-electron chi connectivity index (χ3n) is 3.61. The van der Waals surface area contributed by atoms with Gasteiger partial charge in [-0.3, -0.25) is 0 Å². The molecule has 12 heteroatoms. The first-order valence-corrected chi connectivity index (χ1v) is 8.98. The number of carbonyl (C=O) groups excluding carboxylic acids is 1. The van der Waals surface area contributed by atoms with Gasteiger partial charge >= 0.3 is 6.03 Å². The predicted molar refractivity (Wildman–Crippen MR) is 105 cm³/mol. The fourth-order valence-electron chi connectivity index (χ4n) is 2.37. The number of hydrogen-bond acceptors (Lipinski definition) is 7. The van der Waals surface area contributed by atoms with E-state index in [2.05, 4.69) is 30.7 Å². The first-order valence-electron chi connectivity index (χ1n) is 8.23. The summed E-state index contributed by atoms with van der Waals surface area (Å²) in [6.07, 6.45) is 4.50. The number of amides is 2. The predicted octanol–water partition coefficient (Wildman–Crippen LogP) is 3.15. The molecule has 10 nitrogen and oxygen atoms in total. The van der Waals surface area contributed by atoms with Crippen molar-refractivity contribution in [2.75, 3.05) is 11.9 Å². The van der Waals surface area contributed by atoms with Crippen molar-refractivity contribution in [1.82, 2.24) is 30.0 Å². The number of aromatic nitrogens is 5. The van der Waals surface area contributed by atoms with E-state index in [4.69, 9.17) is 33.2 Å². The third-order valence-corrected chi connectivity index (χ3v) is 4.22. The summed E-state index contributed by atoms with van der Waals surface area (Å²) in [7, 11) is 0. The van der Waals surface area contributed by atoms with Gasteiger partial charge in [-0.15, -0.1) is 0 Å². The zero-order valence-corrected chi connectivity index (χ0v) is 16.5. The molecule has 0 saturated carbocycles.